The maximum Gasteiger partial charge on any atom is 0.0991 e. The van der Waals surface area contributed by atoms with Crippen LogP contribution < -0.4 is 5.32 Å². The second-order valence-corrected chi connectivity index (χ2v) is 5.19. The summed E-state index contributed by atoms with van der Waals surface area (Å²) in [5.74, 6) is 0. The molecule has 0 saturated heterocycles. The number of nitrogens with one attached hydrogen (secondary N) is 1. The number of ether oxygens (including phenoxy) is 1. The smallest absolute Gasteiger partial charge is 0.0991 e. The van der Waals surface area contributed by atoms with E-state index in [-0.39, 0.29) is 6.04 Å². The van der Waals surface area contributed by atoms with Gasteiger partial charge in [-0.1, -0.05) is 25.0 Å². The lowest BCUT2D eigenvalue weighted by Gasteiger charge is -2.16. The minimum absolute atomic E-state index is 0.250. The van der Waals surface area contributed by atoms with Crippen molar-refractivity contribution < 1.29 is 4.74 Å². The number of hydrogen-bond acceptors (Lipinski definition) is 3. The molecule has 0 bridgehead atoms. The van der Waals surface area contributed by atoms with Gasteiger partial charge in [0.15, 0.2) is 0 Å². The Bertz CT molecular complexity index is 433. The summed E-state index contributed by atoms with van der Waals surface area (Å²) < 4.78 is 5.82. The maximum atomic E-state index is 8.89. The molecule has 2 rings (SSSR count). The lowest BCUT2D eigenvalue weighted by Crippen LogP contribution is -2.25. The summed E-state index contributed by atoms with van der Waals surface area (Å²) in [7, 11) is 0. The second-order valence-electron chi connectivity index (χ2n) is 5.19. The Morgan fingerprint density at radius 2 is 2.21 bits per heavy atom. The number of nitrogens with zero attached hydrogens (tertiary/aromatic N) is 1. The molecule has 3 nitrogen and oxygen atoms in total. The van der Waals surface area contributed by atoms with Crippen LogP contribution in [-0.4, -0.2) is 19.3 Å². The molecular formula is C16H22N2O. The van der Waals surface area contributed by atoms with Crippen LogP contribution in [0.5, 0.6) is 0 Å². The first-order valence-electron chi connectivity index (χ1n) is 7.14. The molecule has 1 aromatic carbocycles. The Labute approximate surface area is 115 Å². The van der Waals surface area contributed by atoms with Gasteiger partial charge in [0.05, 0.1) is 24.3 Å². The Morgan fingerprint density at radius 1 is 1.42 bits per heavy atom. The van der Waals surface area contributed by atoms with Crippen molar-refractivity contribution in [1.29, 1.82) is 5.26 Å². The van der Waals surface area contributed by atoms with Crippen molar-refractivity contribution in [2.45, 2.75) is 44.8 Å². The van der Waals surface area contributed by atoms with Crippen LogP contribution in [0.1, 0.15) is 49.8 Å². The van der Waals surface area contributed by atoms with Crippen LogP contribution >= 0.6 is 0 Å². The highest BCUT2D eigenvalue weighted by Crippen LogP contribution is 2.20. The maximum absolute atomic E-state index is 8.89. The van der Waals surface area contributed by atoms with Gasteiger partial charge in [-0.15, -0.1) is 0 Å². The molecule has 1 unspecified atom stereocenters. The van der Waals surface area contributed by atoms with Crippen molar-refractivity contribution in [3.05, 3.63) is 35.4 Å². The quantitative estimate of drug-likeness (QED) is 0.797. The van der Waals surface area contributed by atoms with Crippen molar-refractivity contribution in [3.8, 4) is 6.07 Å². The molecular weight excluding hydrogens is 236 g/mol. The van der Waals surface area contributed by atoms with Gasteiger partial charge in [-0.05, 0) is 37.5 Å². The summed E-state index contributed by atoms with van der Waals surface area (Å²) >= 11 is 0. The first-order chi connectivity index (χ1) is 9.29. The molecule has 0 heterocycles. The van der Waals surface area contributed by atoms with Crippen LogP contribution in [0.2, 0.25) is 0 Å². The lowest BCUT2D eigenvalue weighted by molar-refractivity contribution is 0.0593. The molecule has 1 saturated carbocycles. The van der Waals surface area contributed by atoms with Crippen molar-refractivity contribution in [2.75, 3.05) is 13.2 Å². The van der Waals surface area contributed by atoms with Gasteiger partial charge in [0, 0.05) is 12.6 Å². The monoisotopic (exact) mass is 258 g/mol. The fourth-order valence-corrected chi connectivity index (χ4v) is 2.55. The van der Waals surface area contributed by atoms with Gasteiger partial charge >= 0.3 is 0 Å². The van der Waals surface area contributed by atoms with E-state index in [0.29, 0.717) is 11.7 Å². The molecule has 1 aromatic rings. The van der Waals surface area contributed by atoms with Gasteiger partial charge in [-0.25, -0.2) is 0 Å². The number of benzene rings is 1. The largest absolute Gasteiger partial charge is 0.377 e. The molecule has 1 fully saturated rings. The van der Waals surface area contributed by atoms with Gasteiger partial charge in [-0.3, -0.25) is 0 Å². The predicted molar refractivity (Wildman–Crippen MR) is 75.8 cm³/mol. The highest BCUT2D eigenvalue weighted by Gasteiger charge is 2.14. The van der Waals surface area contributed by atoms with Crippen molar-refractivity contribution in [1.82, 2.24) is 5.32 Å². The zero-order valence-electron chi connectivity index (χ0n) is 11.6. The molecule has 0 radical (unpaired) electrons. The molecule has 0 spiro atoms. The first-order valence-corrected chi connectivity index (χ1v) is 7.14. The fraction of sp³-hybridized carbons (Fsp3) is 0.562. The molecule has 1 aliphatic carbocycles. The zero-order chi connectivity index (χ0) is 13.5. The standard InChI is InChI=1S/C16H22N2O/c1-13(15-6-4-5-14(11-15)12-17)18-9-10-19-16-7-2-3-8-16/h4-6,11,13,16,18H,2-3,7-10H2,1H3. The minimum Gasteiger partial charge on any atom is -0.377 e. The Morgan fingerprint density at radius 3 is 2.95 bits per heavy atom. The van der Waals surface area contributed by atoms with Crippen LogP contribution in [-0.2, 0) is 4.74 Å². The summed E-state index contributed by atoms with van der Waals surface area (Å²) in [6.07, 6.45) is 5.56. The topological polar surface area (TPSA) is 45.0 Å². The van der Waals surface area contributed by atoms with Gasteiger partial charge in [0.25, 0.3) is 0 Å². The highest BCUT2D eigenvalue weighted by molar-refractivity contribution is 5.33. The van der Waals surface area contributed by atoms with Crippen LogP contribution in [0.15, 0.2) is 24.3 Å². The third-order valence-electron chi connectivity index (χ3n) is 3.72. The van der Waals surface area contributed by atoms with E-state index in [1.807, 2.05) is 18.2 Å². The molecule has 19 heavy (non-hydrogen) atoms. The summed E-state index contributed by atoms with van der Waals surface area (Å²) in [6, 6.07) is 10.2. The van der Waals surface area contributed by atoms with Crippen molar-refractivity contribution >= 4 is 0 Å². The number of nitriles is 1. The Kier molecular flexibility index (Phi) is 5.38. The first kappa shape index (κ1) is 14.0. The van der Waals surface area contributed by atoms with E-state index < -0.39 is 0 Å². The third kappa shape index (κ3) is 4.34. The molecule has 0 amide bonds. The third-order valence-corrected chi connectivity index (χ3v) is 3.72. The zero-order valence-corrected chi connectivity index (χ0v) is 11.6. The van der Waals surface area contributed by atoms with E-state index in [1.54, 1.807) is 0 Å². The molecule has 1 aliphatic rings. The van der Waals surface area contributed by atoms with Crippen molar-refractivity contribution in [2.24, 2.45) is 0 Å². The van der Waals surface area contributed by atoms with Crippen LogP contribution in [0.4, 0.5) is 0 Å². The van der Waals surface area contributed by atoms with Gasteiger partial charge in [0.1, 0.15) is 0 Å². The van der Waals surface area contributed by atoms with E-state index in [2.05, 4.69) is 24.4 Å². The molecule has 0 aliphatic heterocycles. The summed E-state index contributed by atoms with van der Waals surface area (Å²) in [5, 5.41) is 12.3. The fourth-order valence-electron chi connectivity index (χ4n) is 2.55. The minimum atomic E-state index is 0.250. The van der Waals surface area contributed by atoms with Gasteiger partial charge < -0.3 is 10.1 Å². The molecule has 0 aromatic heterocycles. The summed E-state index contributed by atoms with van der Waals surface area (Å²) in [6.45, 7) is 3.74. The summed E-state index contributed by atoms with van der Waals surface area (Å²) in [5.41, 5.74) is 1.87. The van der Waals surface area contributed by atoms with Gasteiger partial charge in [-0.2, -0.15) is 5.26 Å². The van der Waals surface area contributed by atoms with E-state index >= 15 is 0 Å². The van der Waals surface area contributed by atoms with Crippen molar-refractivity contribution in [3.63, 3.8) is 0 Å². The van der Waals surface area contributed by atoms with Crippen LogP contribution in [0, 0.1) is 11.3 Å². The van der Waals surface area contributed by atoms with Gasteiger partial charge in [0.2, 0.25) is 0 Å². The Hall–Kier alpha value is -1.37. The average molecular weight is 258 g/mol. The average Bonchev–Trinajstić information content (AvgIpc) is 2.96. The van der Waals surface area contributed by atoms with E-state index in [9.17, 15) is 0 Å². The van der Waals surface area contributed by atoms with E-state index in [0.717, 1.165) is 18.7 Å². The van der Waals surface area contributed by atoms with E-state index in [1.165, 1.54) is 25.7 Å². The van der Waals surface area contributed by atoms with E-state index in [4.69, 9.17) is 10.00 Å². The normalized spacial score (nSPS) is 17.3. The van der Waals surface area contributed by atoms with Crippen LogP contribution in [0.25, 0.3) is 0 Å². The number of hydrogen-bond donors (Lipinski definition) is 1. The summed E-state index contributed by atoms with van der Waals surface area (Å²) in [4.78, 5) is 0. The second kappa shape index (κ2) is 7.28. The molecule has 1 atom stereocenters. The Balaban J connectivity index is 1.71. The highest BCUT2D eigenvalue weighted by atomic mass is 16.5. The molecule has 102 valence electrons. The van der Waals surface area contributed by atoms with Crippen LogP contribution in [0.3, 0.4) is 0 Å². The molecule has 3 heteroatoms. The SMILES string of the molecule is CC(NCCOC1CCCC1)c1cccc(C#N)c1. The lowest BCUT2D eigenvalue weighted by atomic mass is 10.1. The molecule has 1 N–H and O–H groups in total. The predicted octanol–water partition coefficient (Wildman–Crippen LogP) is 3.17. The number of rotatable bonds is 6.